The Morgan fingerprint density at radius 3 is 2.36 bits per heavy atom. The van der Waals surface area contributed by atoms with Crippen LogP contribution in [0.3, 0.4) is 0 Å². The van der Waals surface area contributed by atoms with Gasteiger partial charge in [-0.2, -0.15) is 5.26 Å². The molecule has 0 unspecified atom stereocenters. The van der Waals surface area contributed by atoms with E-state index in [0.717, 1.165) is 0 Å². The van der Waals surface area contributed by atoms with Gasteiger partial charge >= 0.3 is 0 Å². The van der Waals surface area contributed by atoms with E-state index in [1.807, 2.05) is 0 Å². The van der Waals surface area contributed by atoms with Gasteiger partial charge in [-0.05, 0) is 44.0 Å². The Kier molecular flexibility index (Phi) is 2.63. The summed E-state index contributed by atoms with van der Waals surface area (Å²) in [5, 5.41) is 8.41. The molecule has 1 aromatic rings. The minimum atomic E-state index is -0.512. The van der Waals surface area contributed by atoms with Gasteiger partial charge in [-0.3, -0.25) is 0 Å². The summed E-state index contributed by atoms with van der Waals surface area (Å²) in [4.78, 5) is 0. The van der Waals surface area contributed by atoms with E-state index in [2.05, 4.69) is 31.9 Å². The molecule has 1 rings (SSSR count). The number of nitriles is 1. The number of hydrogen-bond acceptors (Lipinski definition) is 1. The standard InChI is InChI=1S/C7H2Br2FN/c8-5-1-4(3-11)7(10)2-6(5)9/h1-2H. The highest BCUT2D eigenvalue weighted by molar-refractivity contribution is 9.13. The third-order valence-corrected chi connectivity index (χ3v) is 2.97. The lowest BCUT2D eigenvalue weighted by molar-refractivity contribution is 0.622. The lowest BCUT2D eigenvalue weighted by Crippen LogP contribution is -1.83. The molecular formula is C7H2Br2FN. The molecule has 0 N–H and O–H groups in total. The van der Waals surface area contributed by atoms with Crippen molar-refractivity contribution < 1.29 is 4.39 Å². The third kappa shape index (κ3) is 1.79. The summed E-state index contributed by atoms with van der Waals surface area (Å²) in [6, 6.07) is 4.42. The molecule has 0 spiro atoms. The van der Waals surface area contributed by atoms with E-state index < -0.39 is 5.82 Å². The molecule has 0 aliphatic rings. The van der Waals surface area contributed by atoms with Gasteiger partial charge in [-0.1, -0.05) is 0 Å². The summed E-state index contributed by atoms with van der Waals surface area (Å²) in [6.45, 7) is 0. The molecule has 0 saturated heterocycles. The van der Waals surface area contributed by atoms with Gasteiger partial charge in [0.1, 0.15) is 11.9 Å². The number of nitrogens with zero attached hydrogens (tertiary/aromatic N) is 1. The average Bonchev–Trinajstić information content (AvgIpc) is 1.97. The lowest BCUT2D eigenvalue weighted by Gasteiger charge is -1.96. The Labute approximate surface area is 80.1 Å². The first-order valence-electron chi connectivity index (χ1n) is 2.70. The van der Waals surface area contributed by atoms with Crippen molar-refractivity contribution in [3.63, 3.8) is 0 Å². The van der Waals surface area contributed by atoms with Crippen molar-refractivity contribution in [2.75, 3.05) is 0 Å². The molecule has 0 heterocycles. The number of halogens is 3. The largest absolute Gasteiger partial charge is 0.206 e. The summed E-state index contributed by atoms with van der Waals surface area (Å²) in [7, 11) is 0. The summed E-state index contributed by atoms with van der Waals surface area (Å²) >= 11 is 6.27. The van der Waals surface area contributed by atoms with Crippen LogP contribution in [0.1, 0.15) is 5.56 Å². The fraction of sp³-hybridized carbons (Fsp3) is 0. The van der Waals surface area contributed by atoms with Crippen LogP contribution in [0, 0.1) is 17.1 Å². The second kappa shape index (κ2) is 3.33. The van der Waals surface area contributed by atoms with Crippen LogP contribution in [-0.4, -0.2) is 0 Å². The molecule has 0 fully saturated rings. The van der Waals surface area contributed by atoms with Gasteiger partial charge in [0.15, 0.2) is 0 Å². The van der Waals surface area contributed by atoms with E-state index in [1.165, 1.54) is 12.1 Å². The minimum Gasteiger partial charge on any atom is -0.206 e. The number of benzene rings is 1. The fourth-order valence-corrected chi connectivity index (χ4v) is 1.27. The van der Waals surface area contributed by atoms with Crippen LogP contribution in [0.15, 0.2) is 21.1 Å². The van der Waals surface area contributed by atoms with Crippen LogP contribution in [0.4, 0.5) is 4.39 Å². The molecule has 4 heteroatoms. The number of hydrogen-bond donors (Lipinski definition) is 0. The first-order chi connectivity index (χ1) is 5.15. The maximum atomic E-state index is 12.8. The smallest absolute Gasteiger partial charge is 0.142 e. The van der Waals surface area contributed by atoms with Gasteiger partial charge < -0.3 is 0 Å². The van der Waals surface area contributed by atoms with Crippen molar-refractivity contribution in [1.29, 1.82) is 5.26 Å². The lowest BCUT2D eigenvalue weighted by atomic mass is 10.2. The van der Waals surface area contributed by atoms with Crippen LogP contribution in [-0.2, 0) is 0 Å². The maximum Gasteiger partial charge on any atom is 0.142 e. The Morgan fingerprint density at radius 2 is 1.82 bits per heavy atom. The Hall–Kier alpha value is -0.400. The van der Waals surface area contributed by atoms with Crippen molar-refractivity contribution >= 4 is 31.9 Å². The highest BCUT2D eigenvalue weighted by Gasteiger charge is 2.04. The maximum absolute atomic E-state index is 12.8. The predicted molar refractivity (Wildman–Crippen MR) is 46.5 cm³/mol. The van der Waals surface area contributed by atoms with Gasteiger partial charge in [0.25, 0.3) is 0 Å². The van der Waals surface area contributed by atoms with Gasteiger partial charge in [0.05, 0.1) is 5.56 Å². The number of rotatable bonds is 0. The second-order valence-corrected chi connectivity index (χ2v) is 3.57. The zero-order chi connectivity index (χ0) is 8.43. The van der Waals surface area contributed by atoms with Crippen LogP contribution in [0.5, 0.6) is 0 Å². The van der Waals surface area contributed by atoms with Crippen molar-refractivity contribution in [3.8, 4) is 6.07 Å². The van der Waals surface area contributed by atoms with Gasteiger partial charge in [0, 0.05) is 8.95 Å². The average molecular weight is 279 g/mol. The van der Waals surface area contributed by atoms with Crippen LogP contribution in [0.2, 0.25) is 0 Å². The summed E-state index contributed by atoms with van der Waals surface area (Å²) < 4.78 is 14.0. The van der Waals surface area contributed by atoms with Crippen LogP contribution < -0.4 is 0 Å². The predicted octanol–water partition coefficient (Wildman–Crippen LogP) is 3.22. The highest BCUT2D eigenvalue weighted by Crippen LogP contribution is 2.25. The van der Waals surface area contributed by atoms with Crippen LogP contribution >= 0.6 is 31.9 Å². The quantitative estimate of drug-likeness (QED) is 0.669. The summed E-state index contributed by atoms with van der Waals surface area (Å²) in [5.41, 5.74) is 0.0417. The summed E-state index contributed by atoms with van der Waals surface area (Å²) in [5.74, 6) is -0.512. The van der Waals surface area contributed by atoms with E-state index in [-0.39, 0.29) is 5.56 Å². The zero-order valence-corrected chi connectivity index (χ0v) is 8.41. The minimum absolute atomic E-state index is 0.0417. The van der Waals surface area contributed by atoms with E-state index in [4.69, 9.17) is 5.26 Å². The normalized spacial score (nSPS) is 9.27. The van der Waals surface area contributed by atoms with E-state index in [9.17, 15) is 4.39 Å². The Morgan fingerprint density at radius 1 is 1.27 bits per heavy atom. The molecule has 0 aromatic heterocycles. The molecule has 0 saturated carbocycles. The van der Waals surface area contributed by atoms with Crippen molar-refractivity contribution in [1.82, 2.24) is 0 Å². The van der Waals surface area contributed by atoms with Crippen molar-refractivity contribution in [2.45, 2.75) is 0 Å². The van der Waals surface area contributed by atoms with Gasteiger partial charge in [-0.25, -0.2) is 4.39 Å². The molecule has 0 atom stereocenters. The zero-order valence-electron chi connectivity index (χ0n) is 5.24. The molecule has 0 radical (unpaired) electrons. The Balaban J connectivity index is 3.35. The summed E-state index contributed by atoms with van der Waals surface area (Å²) in [6.07, 6.45) is 0. The van der Waals surface area contributed by atoms with E-state index in [0.29, 0.717) is 8.95 Å². The second-order valence-electron chi connectivity index (χ2n) is 1.86. The SMILES string of the molecule is N#Cc1cc(Br)c(Br)cc1F. The highest BCUT2D eigenvalue weighted by atomic mass is 79.9. The molecule has 1 aromatic carbocycles. The molecule has 0 aliphatic carbocycles. The van der Waals surface area contributed by atoms with Crippen molar-refractivity contribution in [2.24, 2.45) is 0 Å². The third-order valence-electron chi connectivity index (χ3n) is 1.13. The molecular weight excluding hydrogens is 277 g/mol. The molecule has 0 bridgehead atoms. The van der Waals surface area contributed by atoms with Gasteiger partial charge in [0.2, 0.25) is 0 Å². The molecule has 0 amide bonds. The van der Waals surface area contributed by atoms with Gasteiger partial charge in [-0.15, -0.1) is 0 Å². The topological polar surface area (TPSA) is 23.8 Å². The molecule has 1 nitrogen and oxygen atoms in total. The van der Waals surface area contributed by atoms with Crippen LogP contribution in [0.25, 0.3) is 0 Å². The van der Waals surface area contributed by atoms with Crippen molar-refractivity contribution in [3.05, 3.63) is 32.5 Å². The Bertz CT molecular complexity index is 330. The fourth-order valence-electron chi connectivity index (χ4n) is 0.608. The first-order valence-corrected chi connectivity index (χ1v) is 4.28. The van der Waals surface area contributed by atoms with E-state index in [1.54, 1.807) is 6.07 Å². The molecule has 56 valence electrons. The first kappa shape index (κ1) is 8.69. The van der Waals surface area contributed by atoms with E-state index >= 15 is 0 Å². The molecule has 0 aliphatic heterocycles. The molecule has 11 heavy (non-hydrogen) atoms. The monoisotopic (exact) mass is 277 g/mol.